The summed E-state index contributed by atoms with van der Waals surface area (Å²) in [6.07, 6.45) is 0. The van der Waals surface area contributed by atoms with Crippen LogP contribution in [0, 0.1) is 0 Å². The summed E-state index contributed by atoms with van der Waals surface area (Å²) in [7, 11) is 0. The van der Waals surface area contributed by atoms with E-state index in [1.807, 2.05) is 12.1 Å². The molecule has 0 saturated carbocycles. The molecule has 62 heavy (non-hydrogen) atoms. The van der Waals surface area contributed by atoms with Gasteiger partial charge in [-0.3, -0.25) is 0 Å². The average molecular weight is 793 g/mol. The SMILES string of the molecule is c1ccc(-c2cccc(-c3nc(-c4ccc(-c5ccc6c(c5)oc5cc7c(cc56)c5ccccc5n7-c5ccccc5)cc4)nc(-c4cccc(-c5ccccc5)c4)n3)c2)cc1. The van der Waals surface area contributed by atoms with Crippen LogP contribution in [0.15, 0.2) is 223 Å². The second-order valence-electron chi connectivity index (χ2n) is 15.6. The smallest absolute Gasteiger partial charge is 0.164 e. The lowest BCUT2D eigenvalue weighted by Gasteiger charge is -2.11. The Hall–Kier alpha value is -8.41. The fraction of sp³-hybridized carbons (Fsp3) is 0. The van der Waals surface area contributed by atoms with E-state index in [1.165, 1.54) is 16.3 Å². The molecule has 0 amide bonds. The van der Waals surface area contributed by atoms with E-state index in [-0.39, 0.29) is 0 Å². The van der Waals surface area contributed by atoms with Crippen molar-refractivity contribution in [1.82, 2.24) is 19.5 Å². The molecule has 3 heterocycles. The number of nitrogens with zero attached hydrogens (tertiary/aromatic N) is 4. The molecule has 0 aliphatic rings. The van der Waals surface area contributed by atoms with Crippen LogP contribution in [0.5, 0.6) is 0 Å². The number of rotatable bonds is 7. The molecule has 0 saturated heterocycles. The zero-order valence-electron chi connectivity index (χ0n) is 33.5. The van der Waals surface area contributed by atoms with E-state index in [4.69, 9.17) is 19.4 Å². The lowest BCUT2D eigenvalue weighted by Crippen LogP contribution is -2.00. The largest absolute Gasteiger partial charge is 0.456 e. The fourth-order valence-corrected chi connectivity index (χ4v) is 8.79. The summed E-state index contributed by atoms with van der Waals surface area (Å²) >= 11 is 0. The Morgan fingerprint density at radius 1 is 0.274 bits per heavy atom. The van der Waals surface area contributed by atoms with E-state index >= 15 is 0 Å². The summed E-state index contributed by atoms with van der Waals surface area (Å²) in [5.41, 5.74) is 14.5. The van der Waals surface area contributed by atoms with Crippen LogP contribution in [0.4, 0.5) is 0 Å². The third kappa shape index (κ3) is 6.23. The lowest BCUT2D eigenvalue weighted by atomic mass is 10.0. The Balaban J connectivity index is 0.931. The topological polar surface area (TPSA) is 56.7 Å². The van der Waals surface area contributed by atoms with Gasteiger partial charge in [-0.1, -0.05) is 164 Å². The van der Waals surface area contributed by atoms with E-state index in [1.54, 1.807) is 0 Å². The van der Waals surface area contributed by atoms with Gasteiger partial charge in [-0.05, 0) is 81.9 Å². The maximum Gasteiger partial charge on any atom is 0.164 e. The van der Waals surface area contributed by atoms with Crippen molar-refractivity contribution < 1.29 is 4.42 Å². The molecule has 0 fully saturated rings. The Bertz CT molecular complexity index is 3510. The molecule has 0 radical (unpaired) electrons. The Morgan fingerprint density at radius 3 is 1.39 bits per heavy atom. The molecule has 0 atom stereocenters. The zero-order valence-corrected chi connectivity index (χ0v) is 33.5. The molecule has 12 aromatic rings. The van der Waals surface area contributed by atoms with Gasteiger partial charge in [-0.25, -0.2) is 15.0 Å². The standard InChI is InChI=1S/C57H36N4O/c1-4-14-37(15-5-1)41-18-12-20-44(32-41)56-58-55(59-57(60-56)45-21-13-19-42(33-45)38-16-6-2-7-17-38)40-28-26-39(27-29-40)43-30-31-48-50-35-49-47-24-10-11-25-51(47)61(46-22-8-3-9-23-46)52(49)36-54(50)62-53(48)34-43/h1-36H. The molecule has 5 nitrogen and oxygen atoms in total. The number of hydrogen-bond donors (Lipinski definition) is 0. The molecule has 290 valence electrons. The monoisotopic (exact) mass is 792 g/mol. The first-order chi connectivity index (χ1) is 30.7. The Kier molecular flexibility index (Phi) is 8.42. The van der Waals surface area contributed by atoms with Crippen LogP contribution in [0.3, 0.4) is 0 Å². The van der Waals surface area contributed by atoms with Crippen molar-refractivity contribution in [2.45, 2.75) is 0 Å². The number of furan rings is 1. The van der Waals surface area contributed by atoms with Gasteiger partial charge in [0.2, 0.25) is 0 Å². The van der Waals surface area contributed by atoms with E-state index in [9.17, 15) is 0 Å². The molecule has 3 aromatic heterocycles. The normalized spacial score (nSPS) is 11.5. The van der Waals surface area contributed by atoms with Crippen molar-refractivity contribution in [3.05, 3.63) is 218 Å². The van der Waals surface area contributed by atoms with E-state index in [0.717, 1.165) is 83.2 Å². The lowest BCUT2D eigenvalue weighted by molar-refractivity contribution is 0.669. The number of fused-ring (bicyclic) bond motifs is 6. The molecule has 0 unspecified atom stereocenters. The maximum atomic E-state index is 6.65. The summed E-state index contributed by atoms with van der Waals surface area (Å²) in [6.45, 7) is 0. The fourth-order valence-electron chi connectivity index (χ4n) is 8.79. The molecule has 5 heteroatoms. The number of benzene rings is 9. The minimum Gasteiger partial charge on any atom is -0.456 e. The number of para-hydroxylation sites is 2. The van der Waals surface area contributed by atoms with Crippen LogP contribution in [-0.4, -0.2) is 19.5 Å². The molecular formula is C57H36N4O. The molecule has 12 rings (SSSR count). The van der Waals surface area contributed by atoms with Crippen molar-refractivity contribution in [1.29, 1.82) is 0 Å². The van der Waals surface area contributed by atoms with Crippen molar-refractivity contribution in [3.8, 4) is 73.2 Å². The quantitative estimate of drug-likeness (QED) is 0.161. The van der Waals surface area contributed by atoms with Crippen LogP contribution in [0.25, 0.3) is 117 Å². The first-order valence-electron chi connectivity index (χ1n) is 20.8. The van der Waals surface area contributed by atoms with Crippen molar-refractivity contribution in [2.24, 2.45) is 0 Å². The first-order valence-corrected chi connectivity index (χ1v) is 20.8. The summed E-state index contributed by atoms with van der Waals surface area (Å²) < 4.78 is 8.97. The van der Waals surface area contributed by atoms with Crippen molar-refractivity contribution in [2.75, 3.05) is 0 Å². The van der Waals surface area contributed by atoms with Crippen LogP contribution >= 0.6 is 0 Å². The van der Waals surface area contributed by atoms with E-state index < -0.39 is 0 Å². The summed E-state index contributed by atoms with van der Waals surface area (Å²) in [4.78, 5) is 15.3. The summed E-state index contributed by atoms with van der Waals surface area (Å²) in [5, 5.41) is 4.63. The molecule has 0 aliphatic heterocycles. The van der Waals surface area contributed by atoms with Crippen LogP contribution < -0.4 is 0 Å². The minimum absolute atomic E-state index is 0.610. The summed E-state index contributed by atoms with van der Waals surface area (Å²) in [6, 6.07) is 76.2. The molecule has 0 aliphatic carbocycles. The van der Waals surface area contributed by atoms with Gasteiger partial charge in [0.25, 0.3) is 0 Å². The molecule has 9 aromatic carbocycles. The highest BCUT2D eigenvalue weighted by atomic mass is 16.3. The van der Waals surface area contributed by atoms with Gasteiger partial charge in [-0.15, -0.1) is 0 Å². The van der Waals surface area contributed by atoms with Crippen molar-refractivity contribution >= 4 is 43.7 Å². The maximum absolute atomic E-state index is 6.65. The van der Waals surface area contributed by atoms with Gasteiger partial charge in [-0.2, -0.15) is 0 Å². The second kappa shape index (κ2) is 14.7. The minimum atomic E-state index is 0.610. The highest BCUT2D eigenvalue weighted by molar-refractivity contribution is 6.17. The van der Waals surface area contributed by atoms with E-state index in [0.29, 0.717) is 17.5 Å². The first kappa shape index (κ1) is 35.5. The van der Waals surface area contributed by atoms with Gasteiger partial charge in [0.15, 0.2) is 17.5 Å². The predicted octanol–water partition coefficient (Wildman–Crippen LogP) is 14.9. The van der Waals surface area contributed by atoms with Crippen LogP contribution in [0.1, 0.15) is 0 Å². The Morgan fingerprint density at radius 2 is 0.742 bits per heavy atom. The third-order valence-electron chi connectivity index (χ3n) is 11.8. The molecule has 0 N–H and O–H groups in total. The van der Waals surface area contributed by atoms with Crippen LogP contribution in [-0.2, 0) is 0 Å². The highest BCUT2D eigenvalue weighted by Gasteiger charge is 2.18. The van der Waals surface area contributed by atoms with E-state index in [2.05, 4.69) is 211 Å². The predicted molar refractivity (Wildman–Crippen MR) is 254 cm³/mol. The van der Waals surface area contributed by atoms with Crippen LogP contribution in [0.2, 0.25) is 0 Å². The second-order valence-corrected chi connectivity index (χ2v) is 15.6. The summed E-state index contributed by atoms with van der Waals surface area (Å²) in [5.74, 6) is 1.85. The molecule has 0 spiro atoms. The van der Waals surface area contributed by atoms with Gasteiger partial charge in [0.1, 0.15) is 11.2 Å². The molecule has 0 bridgehead atoms. The van der Waals surface area contributed by atoms with Gasteiger partial charge in [0, 0.05) is 50.0 Å². The molecular weight excluding hydrogens is 757 g/mol. The Labute approximate surface area is 357 Å². The average Bonchev–Trinajstić information content (AvgIpc) is 3.88. The van der Waals surface area contributed by atoms with Gasteiger partial charge >= 0.3 is 0 Å². The highest BCUT2D eigenvalue weighted by Crippen LogP contribution is 2.40. The number of hydrogen-bond acceptors (Lipinski definition) is 4. The van der Waals surface area contributed by atoms with Crippen molar-refractivity contribution in [3.63, 3.8) is 0 Å². The third-order valence-corrected chi connectivity index (χ3v) is 11.8. The van der Waals surface area contributed by atoms with Gasteiger partial charge in [0.05, 0.1) is 11.0 Å². The zero-order chi connectivity index (χ0) is 41.0. The number of aromatic nitrogens is 4. The van der Waals surface area contributed by atoms with Gasteiger partial charge < -0.3 is 8.98 Å².